The molecule has 4 heterocycles. The third-order valence-corrected chi connectivity index (χ3v) is 7.40. The lowest BCUT2D eigenvalue weighted by atomic mass is 9.91. The summed E-state index contributed by atoms with van der Waals surface area (Å²) in [5.74, 6) is 0.946. The van der Waals surface area contributed by atoms with Crippen LogP contribution in [-0.2, 0) is 6.42 Å². The van der Waals surface area contributed by atoms with Crippen molar-refractivity contribution in [1.29, 1.82) is 0 Å². The van der Waals surface area contributed by atoms with Crippen LogP contribution in [0.4, 0.5) is 4.39 Å². The number of aryl methyl sites for hydroxylation is 1. The third-order valence-electron chi connectivity index (χ3n) is 7.40. The van der Waals surface area contributed by atoms with E-state index >= 15 is 0 Å². The zero-order valence-corrected chi connectivity index (χ0v) is 23.1. The maximum Gasteiger partial charge on any atom is 0.159 e. The number of imidazole rings is 1. The number of allylic oxidation sites excluding steroid dienone is 3. The fourth-order valence-electron chi connectivity index (χ4n) is 5.29. The molecule has 4 aromatic rings. The Morgan fingerprint density at radius 1 is 1.18 bits per heavy atom. The number of aromatic nitrogens is 5. The van der Waals surface area contributed by atoms with Gasteiger partial charge in [0.2, 0.25) is 0 Å². The molecule has 0 aliphatic carbocycles. The second-order valence-electron chi connectivity index (χ2n) is 10.2. The Morgan fingerprint density at radius 2 is 1.98 bits per heavy atom. The zero-order chi connectivity index (χ0) is 28.1. The number of nitrogens with one attached hydrogen (secondary N) is 3. The van der Waals surface area contributed by atoms with Crippen LogP contribution in [0.5, 0.6) is 0 Å². The van der Waals surface area contributed by atoms with Crippen molar-refractivity contribution >= 4 is 23.3 Å². The van der Waals surface area contributed by atoms with Crippen molar-refractivity contribution in [2.45, 2.75) is 33.1 Å². The number of aromatic amines is 2. The minimum Gasteiger partial charge on any atom is -0.340 e. The van der Waals surface area contributed by atoms with Gasteiger partial charge in [0.05, 0.1) is 11.0 Å². The molecule has 40 heavy (non-hydrogen) atoms. The molecular formula is C33H35FN6. The number of H-pyrrole nitrogens is 2. The molecule has 1 aliphatic rings. The molecule has 0 amide bonds. The molecule has 0 unspecified atom stereocenters. The van der Waals surface area contributed by atoms with Crippen molar-refractivity contribution in [3.8, 4) is 11.5 Å². The number of pyridine rings is 1. The Morgan fingerprint density at radius 3 is 2.73 bits per heavy atom. The van der Waals surface area contributed by atoms with Crippen LogP contribution in [0.2, 0.25) is 0 Å². The minimum absolute atomic E-state index is 0.316. The number of rotatable bonds is 8. The van der Waals surface area contributed by atoms with Crippen LogP contribution in [0.15, 0.2) is 68.0 Å². The topological polar surface area (TPSA) is 82.3 Å². The summed E-state index contributed by atoms with van der Waals surface area (Å²) >= 11 is 0. The van der Waals surface area contributed by atoms with E-state index in [1.165, 1.54) is 24.5 Å². The Kier molecular flexibility index (Phi) is 8.31. The molecule has 0 spiro atoms. The zero-order valence-electron chi connectivity index (χ0n) is 23.1. The quantitative estimate of drug-likeness (QED) is 0.275. The van der Waals surface area contributed by atoms with Crippen molar-refractivity contribution in [1.82, 2.24) is 30.5 Å². The predicted molar refractivity (Wildman–Crippen MR) is 161 cm³/mol. The van der Waals surface area contributed by atoms with Gasteiger partial charge in [0.25, 0.3) is 0 Å². The molecule has 1 saturated heterocycles. The highest BCUT2D eigenvalue weighted by Gasteiger charge is 2.19. The van der Waals surface area contributed by atoms with Crippen LogP contribution < -0.4 is 15.9 Å². The second kappa shape index (κ2) is 12.2. The van der Waals surface area contributed by atoms with E-state index in [0.717, 1.165) is 46.9 Å². The Labute approximate surface area is 234 Å². The summed E-state index contributed by atoms with van der Waals surface area (Å²) in [5, 5.41) is 12.9. The molecule has 0 saturated carbocycles. The van der Waals surface area contributed by atoms with Crippen LogP contribution in [-0.4, -0.2) is 38.2 Å². The Bertz CT molecular complexity index is 1680. The Hall–Kier alpha value is -4.36. The van der Waals surface area contributed by atoms with Gasteiger partial charge in [-0.3, -0.25) is 10.1 Å². The molecule has 0 bridgehead atoms. The van der Waals surface area contributed by atoms with Gasteiger partial charge in [0.15, 0.2) is 5.82 Å². The summed E-state index contributed by atoms with van der Waals surface area (Å²) in [4.78, 5) is 12.8. The van der Waals surface area contributed by atoms with Gasteiger partial charge in [-0.15, -0.1) is 0 Å². The highest BCUT2D eigenvalue weighted by molar-refractivity contribution is 5.88. The summed E-state index contributed by atoms with van der Waals surface area (Å²) < 4.78 is 14.7. The fourth-order valence-corrected chi connectivity index (χ4v) is 5.29. The largest absolute Gasteiger partial charge is 0.340 e. The molecular weight excluding hydrogens is 499 g/mol. The first kappa shape index (κ1) is 27.2. The first-order valence-corrected chi connectivity index (χ1v) is 13.7. The Balaban J connectivity index is 1.51. The molecule has 0 atom stereocenters. The van der Waals surface area contributed by atoms with Gasteiger partial charge in [-0.05, 0) is 87.0 Å². The van der Waals surface area contributed by atoms with Crippen LogP contribution in [0.3, 0.4) is 0 Å². The fraction of sp³-hybridized carbons (Fsp3) is 0.242. The lowest BCUT2D eigenvalue weighted by Crippen LogP contribution is -2.28. The average molecular weight is 535 g/mol. The van der Waals surface area contributed by atoms with E-state index in [0.29, 0.717) is 34.3 Å². The van der Waals surface area contributed by atoms with Crippen molar-refractivity contribution in [3.05, 3.63) is 112 Å². The summed E-state index contributed by atoms with van der Waals surface area (Å²) in [6.45, 7) is 14.2. The van der Waals surface area contributed by atoms with Gasteiger partial charge in [-0.1, -0.05) is 49.6 Å². The highest BCUT2D eigenvalue weighted by atomic mass is 19.1. The average Bonchev–Trinajstić information content (AvgIpc) is 3.55. The third kappa shape index (κ3) is 5.80. The van der Waals surface area contributed by atoms with E-state index in [1.807, 2.05) is 44.5 Å². The first-order chi connectivity index (χ1) is 19.5. The maximum atomic E-state index is 14.7. The summed E-state index contributed by atoms with van der Waals surface area (Å²) in [5.41, 5.74) is 6.27. The number of benzene rings is 1. The predicted octanol–water partition coefficient (Wildman–Crippen LogP) is 5.10. The molecule has 204 valence electrons. The van der Waals surface area contributed by atoms with Crippen LogP contribution in [0.25, 0.3) is 34.8 Å². The van der Waals surface area contributed by atoms with Gasteiger partial charge >= 0.3 is 0 Å². The van der Waals surface area contributed by atoms with Gasteiger partial charge in [0, 0.05) is 34.4 Å². The lowest BCUT2D eigenvalue weighted by molar-refractivity contribution is 0.372. The summed E-state index contributed by atoms with van der Waals surface area (Å²) in [7, 11) is 0. The van der Waals surface area contributed by atoms with Gasteiger partial charge < -0.3 is 10.3 Å². The molecule has 1 aliphatic heterocycles. The molecule has 3 N–H and O–H groups in total. The SMILES string of the molecule is C=C/C=C(/c1ccccc1F)c1nc(-c2n[nH]c(=C/C)/c2=C\C(=C)c2cncc(CC3CCNCC3)c2)[nH]c1C. The van der Waals surface area contributed by atoms with E-state index in [1.54, 1.807) is 24.3 Å². The van der Waals surface area contributed by atoms with Crippen molar-refractivity contribution < 1.29 is 4.39 Å². The molecule has 5 rings (SSSR count). The molecule has 6 nitrogen and oxygen atoms in total. The number of nitrogens with zero attached hydrogens (tertiary/aromatic N) is 3. The van der Waals surface area contributed by atoms with Crippen LogP contribution in [0.1, 0.15) is 47.8 Å². The monoisotopic (exact) mass is 534 g/mol. The molecule has 0 radical (unpaired) electrons. The van der Waals surface area contributed by atoms with Gasteiger partial charge in [0.1, 0.15) is 11.5 Å². The number of piperidine rings is 1. The summed E-state index contributed by atoms with van der Waals surface area (Å²) in [6.07, 6.45) is 14.6. The highest BCUT2D eigenvalue weighted by Crippen LogP contribution is 2.28. The first-order valence-electron chi connectivity index (χ1n) is 13.7. The van der Waals surface area contributed by atoms with Crippen molar-refractivity contribution in [2.75, 3.05) is 13.1 Å². The molecule has 1 fully saturated rings. The van der Waals surface area contributed by atoms with E-state index < -0.39 is 0 Å². The van der Waals surface area contributed by atoms with E-state index in [-0.39, 0.29) is 5.82 Å². The molecule has 3 aromatic heterocycles. The number of hydrogen-bond donors (Lipinski definition) is 3. The normalized spacial score (nSPS) is 15.5. The number of halogens is 1. The smallest absolute Gasteiger partial charge is 0.159 e. The molecule has 7 heteroatoms. The van der Waals surface area contributed by atoms with E-state index in [2.05, 4.69) is 44.7 Å². The standard InChI is InChI=1S/C33H35FN6/c1-5-9-27(26-10-7-8-11-29(26)34)31-22(4)37-33(38-31)32-28(30(6-2)39-40-32)16-21(3)25-18-24(19-36-20-25)17-23-12-14-35-15-13-23/h5-11,16,18-20,23,35,39H,1,3,12-15,17H2,2,4H3,(H,37,38)/b27-9-,28-16+,30-6+. The maximum absolute atomic E-state index is 14.7. The van der Waals surface area contributed by atoms with Crippen molar-refractivity contribution in [3.63, 3.8) is 0 Å². The van der Waals surface area contributed by atoms with Crippen LogP contribution in [0, 0.1) is 18.7 Å². The summed E-state index contributed by atoms with van der Waals surface area (Å²) in [6, 6.07) is 8.87. The molecule has 1 aromatic carbocycles. The van der Waals surface area contributed by atoms with E-state index in [9.17, 15) is 4.39 Å². The van der Waals surface area contributed by atoms with Crippen LogP contribution >= 0.6 is 0 Å². The van der Waals surface area contributed by atoms with E-state index in [4.69, 9.17) is 4.98 Å². The number of hydrogen-bond acceptors (Lipinski definition) is 4. The van der Waals surface area contributed by atoms with Gasteiger partial charge in [-0.25, -0.2) is 9.37 Å². The van der Waals surface area contributed by atoms with Crippen molar-refractivity contribution in [2.24, 2.45) is 5.92 Å². The lowest BCUT2D eigenvalue weighted by Gasteiger charge is -2.22. The van der Waals surface area contributed by atoms with Gasteiger partial charge in [-0.2, -0.15) is 5.10 Å². The minimum atomic E-state index is -0.316. The second-order valence-corrected chi connectivity index (χ2v) is 10.2.